The second-order valence-corrected chi connectivity index (χ2v) is 6.89. The summed E-state index contributed by atoms with van der Waals surface area (Å²) in [5, 5.41) is 7.96. The molecule has 1 aromatic rings. The molecular formula is C14H21N5O. The lowest BCUT2D eigenvalue weighted by Crippen LogP contribution is -2.46. The standard InChI is InChI=1S/C14H21N5O/c15-17-14-16-13(20)12(18-19-14)6-11-9-2-7-1-8(4-9)5-10(11)3-7/h7-11H,1-6,15H2,(H2,16,17,19,20). The van der Waals surface area contributed by atoms with E-state index in [-0.39, 0.29) is 11.5 Å². The van der Waals surface area contributed by atoms with Crippen LogP contribution in [-0.4, -0.2) is 15.2 Å². The summed E-state index contributed by atoms with van der Waals surface area (Å²) in [5.74, 6) is 9.62. The molecule has 4 saturated carbocycles. The molecule has 0 atom stereocenters. The number of rotatable bonds is 3. The molecule has 0 amide bonds. The third-order valence-corrected chi connectivity index (χ3v) is 5.75. The second-order valence-electron chi connectivity index (χ2n) is 6.89. The lowest BCUT2D eigenvalue weighted by atomic mass is 9.51. The molecule has 6 nitrogen and oxygen atoms in total. The molecule has 1 aromatic heterocycles. The van der Waals surface area contributed by atoms with Crippen LogP contribution < -0.4 is 16.8 Å². The second kappa shape index (κ2) is 4.55. The van der Waals surface area contributed by atoms with E-state index in [2.05, 4.69) is 20.6 Å². The van der Waals surface area contributed by atoms with Gasteiger partial charge in [0.1, 0.15) is 5.69 Å². The van der Waals surface area contributed by atoms with Gasteiger partial charge in [-0.2, -0.15) is 0 Å². The fourth-order valence-electron chi connectivity index (χ4n) is 5.15. The Labute approximate surface area is 117 Å². The average Bonchev–Trinajstić information content (AvgIpc) is 2.43. The van der Waals surface area contributed by atoms with Gasteiger partial charge in [0.05, 0.1) is 0 Å². The molecule has 108 valence electrons. The highest BCUT2D eigenvalue weighted by Crippen LogP contribution is 2.56. The number of aromatic amines is 1. The maximum atomic E-state index is 12.0. The van der Waals surface area contributed by atoms with E-state index < -0.39 is 0 Å². The number of nitrogens with two attached hydrogens (primary N) is 1. The van der Waals surface area contributed by atoms with Crippen LogP contribution in [-0.2, 0) is 6.42 Å². The van der Waals surface area contributed by atoms with Gasteiger partial charge in [0.25, 0.3) is 5.56 Å². The molecule has 4 fully saturated rings. The third kappa shape index (κ3) is 1.93. The zero-order valence-corrected chi connectivity index (χ0v) is 11.5. The molecule has 20 heavy (non-hydrogen) atoms. The Morgan fingerprint density at radius 3 is 2.30 bits per heavy atom. The zero-order chi connectivity index (χ0) is 13.7. The molecule has 4 aliphatic rings. The monoisotopic (exact) mass is 275 g/mol. The van der Waals surface area contributed by atoms with Crippen LogP contribution in [0.15, 0.2) is 4.79 Å². The Morgan fingerprint density at radius 2 is 1.75 bits per heavy atom. The molecule has 5 rings (SSSR count). The minimum atomic E-state index is -0.151. The van der Waals surface area contributed by atoms with Gasteiger partial charge in [-0.1, -0.05) is 0 Å². The van der Waals surface area contributed by atoms with Gasteiger partial charge in [-0.05, 0) is 61.7 Å². The van der Waals surface area contributed by atoms with E-state index in [4.69, 9.17) is 5.84 Å². The summed E-state index contributed by atoms with van der Waals surface area (Å²) < 4.78 is 0. The maximum absolute atomic E-state index is 12.0. The van der Waals surface area contributed by atoms with Crippen LogP contribution in [0.25, 0.3) is 0 Å². The van der Waals surface area contributed by atoms with E-state index in [0.29, 0.717) is 11.6 Å². The third-order valence-electron chi connectivity index (χ3n) is 5.75. The lowest BCUT2D eigenvalue weighted by Gasteiger charge is -2.54. The van der Waals surface area contributed by atoms with Crippen molar-refractivity contribution in [3.8, 4) is 0 Å². The van der Waals surface area contributed by atoms with E-state index in [0.717, 1.165) is 30.1 Å². The summed E-state index contributed by atoms with van der Waals surface area (Å²) in [6.45, 7) is 0. The van der Waals surface area contributed by atoms with Crippen LogP contribution in [0.4, 0.5) is 5.95 Å². The number of nitrogens with zero attached hydrogens (tertiary/aromatic N) is 2. The quantitative estimate of drug-likeness (QED) is 0.566. The number of nitrogens with one attached hydrogen (secondary N) is 2. The van der Waals surface area contributed by atoms with Gasteiger partial charge in [0, 0.05) is 6.42 Å². The maximum Gasteiger partial charge on any atom is 0.274 e. The smallest absolute Gasteiger partial charge is 0.274 e. The summed E-state index contributed by atoms with van der Waals surface area (Å²) in [6, 6.07) is 0. The van der Waals surface area contributed by atoms with Crippen LogP contribution in [0.1, 0.15) is 37.8 Å². The van der Waals surface area contributed by atoms with Crippen molar-refractivity contribution in [3.05, 3.63) is 16.0 Å². The van der Waals surface area contributed by atoms with E-state index in [1.807, 2.05) is 0 Å². The Morgan fingerprint density at radius 1 is 1.10 bits per heavy atom. The van der Waals surface area contributed by atoms with Crippen LogP contribution in [0, 0.1) is 29.6 Å². The normalized spacial score (nSPS) is 38.1. The summed E-state index contributed by atoms with van der Waals surface area (Å²) in [7, 11) is 0. The van der Waals surface area contributed by atoms with Crippen LogP contribution >= 0.6 is 0 Å². The van der Waals surface area contributed by atoms with Gasteiger partial charge in [-0.15, -0.1) is 10.2 Å². The first-order valence-corrected chi connectivity index (χ1v) is 7.65. The summed E-state index contributed by atoms with van der Waals surface area (Å²) in [5.41, 5.74) is 2.74. The highest BCUT2D eigenvalue weighted by Gasteiger charge is 2.48. The summed E-state index contributed by atoms with van der Waals surface area (Å²) >= 11 is 0. The van der Waals surface area contributed by atoms with Crippen molar-refractivity contribution in [2.75, 3.05) is 5.43 Å². The number of aromatic nitrogens is 3. The molecular weight excluding hydrogens is 254 g/mol. The molecule has 0 saturated heterocycles. The summed E-state index contributed by atoms with van der Waals surface area (Å²) in [6.07, 6.45) is 7.70. The lowest BCUT2D eigenvalue weighted by molar-refractivity contribution is -0.0365. The molecule has 6 heteroatoms. The highest BCUT2D eigenvalue weighted by molar-refractivity contribution is 5.18. The van der Waals surface area contributed by atoms with Gasteiger partial charge in [0.2, 0.25) is 5.95 Å². The zero-order valence-electron chi connectivity index (χ0n) is 11.5. The van der Waals surface area contributed by atoms with Gasteiger partial charge in [-0.3, -0.25) is 15.2 Å². The predicted octanol–water partition coefficient (Wildman–Crippen LogP) is 1.07. The SMILES string of the molecule is NNc1nnc(CC2C3CC4CC(C3)CC2C4)c(=O)[nH]1. The minimum Gasteiger partial charge on any atom is -0.293 e. The first-order valence-electron chi connectivity index (χ1n) is 7.65. The van der Waals surface area contributed by atoms with Gasteiger partial charge < -0.3 is 0 Å². The molecule has 4 N–H and O–H groups in total. The van der Waals surface area contributed by atoms with Crippen LogP contribution in [0.3, 0.4) is 0 Å². The van der Waals surface area contributed by atoms with Crippen molar-refractivity contribution in [1.82, 2.24) is 15.2 Å². The van der Waals surface area contributed by atoms with Crippen molar-refractivity contribution < 1.29 is 0 Å². The van der Waals surface area contributed by atoms with Crippen LogP contribution in [0.2, 0.25) is 0 Å². The molecule has 4 aliphatic carbocycles. The Balaban J connectivity index is 1.56. The van der Waals surface area contributed by atoms with Gasteiger partial charge in [-0.25, -0.2) is 5.84 Å². The average molecular weight is 275 g/mol. The van der Waals surface area contributed by atoms with Crippen LogP contribution in [0.5, 0.6) is 0 Å². The largest absolute Gasteiger partial charge is 0.293 e. The van der Waals surface area contributed by atoms with E-state index in [1.165, 1.54) is 32.1 Å². The molecule has 0 aromatic carbocycles. The first kappa shape index (κ1) is 12.3. The first-order chi connectivity index (χ1) is 9.72. The number of hydrogen-bond donors (Lipinski definition) is 3. The fourth-order valence-corrected chi connectivity index (χ4v) is 5.15. The Bertz CT molecular complexity index is 541. The van der Waals surface area contributed by atoms with E-state index in [9.17, 15) is 4.79 Å². The number of hydrogen-bond acceptors (Lipinski definition) is 5. The molecule has 0 aliphatic heterocycles. The number of hydrazine groups is 1. The highest BCUT2D eigenvalue weighted by atomic mass is 16.1. The van der Waals surface area contributed by atoms with Crippen molar-refractivity contribution in [2.45, 2.75) is 38.5 Å². The van der Waals surface area contributed by atoms with Crippen molar-refractivity contribution in [2.24, 2.45) is 35.4 Å². The fraction of sp³-hybridized carbons (Fsp3) is 0.786. The molecule has 0 radical (unpaired) electrons. The van der Waals surface area contributed by atoms with E-state index in [1.54, 1.807) is 0 Å². The Hall–Kier alpha value is -1.43. The van der Waals surface area contributed by atoms with Crippen molar-refractivity contribution >= 4 is 5.95 Å². The molecule has 0 spiro atoms. The van der Waals surface area contributed by atoms with Crippen molar-refractivity contribution in [3.63, 3.8) is 0 Å². The predicted molar refractivity (Wildman–Crippen MR) is 74.7 cm³/mol. The number of H-pyrrole nitrogens is 1. The minimum absolute atomic E-state index is 0.151. The summed E-state index contributed by atoms with van der Waals surface area (Å²) in [4.78, 5) is 14.6. The topological polar surface area (TPSA) is 96.7 Å². The molecule has 1 heterocycles. The van der Waals surface area contributed by atoms with Gasteiger partial charge in [0.15, 0.2) is 0 Å². The van der Waals surface area contributed by atoms with E-state index >= 15 is 0 Å². The van der Waals surface area contributed by atoms with Gasteiger partial charge >= 0.3 is 0 Å². The number of anilines is 1. The Kier molecular flexibility index (Phi) is 2.80. The number of nitrogen functional groups attached to an aromatic ring is 1. The van der Waals surface area contributed by atoms with Crippen molar-refractivity contribution in [1.29, 1.82) is 0 Å². The molecule has 4 bridgehead atoms. The molecule has 0 unspecified atom stereocenters.